The maximum Gasteiger partial charge on any atom is 0.338 e. The molecular weight excluding hydrogens is 210 g/mol. The zero-order valence-electron chi connectivity index (χ0n) is 8.01. The number of rotatable bonds is 3. The van der Waals surface area contributed by atoms with Gasteiger partial charge in [0, 0.05) is 6.07 Å². The lowest BCUT2D eigenvalue weighted by Crippen LogP contribution is -2.06. The molecule has 6 heteroatoms. The smallest absolute Gasteiger partial charge is 0.338 e. The van der Waals surface area contributed by atoms with Crippen molar-refractivity contribution >= 4 is 5.97 Å². The molecule has 0 radical (unpaired) electrons. The van der Waals surface area contributed by atoms with E-state index in [0.717, 1.165) is 20.3 Å². The average molecular weight is 218 g/mol. The van der Waals surface area contributed by atoms with Crippen molar-refractivity contribution in [2.24, 2.45) is 0 Å². The van der Waals surface area contributed by atoms with E-state index in [4.69, 9.17) is 5.11 Å². The SMILES string of the molecule is COc1cc(C(=O)O)c(F)c(OC)c1F. The van der Waals surface area contributed by atoms with Gasteiger partial charge >= 0.3 is 5.97 Å². The van der Waals surface area contributed by atoms with Crippen molar-refractivity contribution in [1.82, 2.24) is 0 Å². The van der Waals surface area contributed by atoms with Gasteiger partial charge in [0.1, 0.15) is 5.56 Å². The summed E-state index contributed by atoms with van der Waals surface area (Å²) in [7, 11) is 2.17. The molecule has 0 aliphatic heterocycles. The maximum absolute atomic E-state index is 13.3. The average Bonchev–Trinajstić information content (AvgIpc) is 2.18. The van der Waals surface area contributed by atoms with E-state index in [2.05, 4.69) is 9.47 Å². The van der Waals surface area contributed by atoms with E-state index in [1.807, 2.05) is 0 Å². The van der Waals surface area contributed by atoms with E-state index in [-0.39, 0.29) is 5.75 Å². The van der Waals surface area contributed by atoms with Gasteiger partial charge in [-0.15, -0.1) is 0 Å². The van der Waals surface area contributed by atoms with Gasteiger partial charge in [0.05, 0.1) is 14.2 Å². The number of carbonyl (C=O) groups is 1. The largest absolute Gasteiger partial charge is 0.494 e. The summed E-state index contributed by atoms with van der Waals surface area (Å²) in [5, 5.41) is 8.62. The number of ether oxygens (including phenoxy) is 2. The van der Waals surface area contributed by atoms with Crippen LogP contribution in [0.4, 0.5) is 8.78 Å². The predicted molar refractivity (Wildman–Crippen MR) is 46.4 cm³/mol. The summed E-state index contributed by atoms with van der Waals surface area (Å²) in [5.74, 6) is -5.01. The van der Waals surface area contributed by atoms with Crippen molar-refractivity contribution in [3.63, 3.8) is 0 Å². The molecule has 0 bridgehead atoms. The van der Waals surface area contributed by atoms with Gasteiger partial charge in [0.15, 0.2) is 17.3 Å². The molecule has 0 amide bonds. The zero-order valence-corrected chi connectivity index (χ0v) is 8.01. The Morgan fingerprint density at radius 1 is 1.27 bits per heavy atom. The second kappa shape index (κ2) is 4.12. The third kappa shape index (κ3) is 1.83. The molecule has 4 nitrogen and oxygen atoms in total. The van der Waals surface area contributed by atoms with Crippen LogP contribution in [0.3, 0.4) is 0 Å². The molecule has 0 aliphatic rings. The molecule has 0 spiro atoms. The molecule has 15 heavy (non-hydrogen) atoms. The van der Waals surface area contributed by atoms with Crippen LogP contribution in [0.25, 0.3) is 0 Å². The monoisotopic (exact) mass is 218 g/mol. The highest BCUT2D eigenvalue weighted by atomic mass is 19.1. The summed E-state index contributed by atoms with van der Waals surface area (Å²) in [6, 6.07) is 0.759. The second-order valence-electron chi connectivity index (χ2n) is 2.59. The third-order valence-corrected chi connectivity index (χ3v) is 1.78. The Balaban J connectivity index is 3.51. The Hall–Kier alpha value is -1.85. The first-order valence-electron chi connectivity index (χ1n) is 3.86. The molecule has 1 rings (SSSR count). The van der Waals surface area contributed by atoms with Crippen molar-refractivity contribution in [3.8, 4) is 11.5 Å². The first-order chi connectivity index (χ1) is 7.02. The number of hydrogen-bond donors (Lipinski definition) is 1. The highest BCUT2D eigenvalue weighted by Gasteiger charge is 2.23. The molecule has 0 atom stereocenters. The number of methoxy groups -OCH3 is 2. The van der Waals surface area contributed by atoms with Gasteiger partial charge in [-0.2, -0.15) is 4.39 Å². The van der Waals surface area contributed by atoms with Crippen LogP contribution in [0, 0.1) is 11.6 Å². The minimum Gasteiger partial charge on any atom is -0.494 e. The second-order valence-corrected chi connectivity index (χ2v) is 2.59. The summed E-state index contributed by atoms with van der Waals surface area (Å²) in [6.07, 6.45) is 0. The van der Waals surface area contributed by atoms with Gasteiger partial charge in [0.2, 0.25) is 5.82 Å². The Morgan fingerprint density at radius 3 is 2.27 bits per heavy atom. The molecule has 0 aliphatic carbocycles. The third-order valence-electron chi connectivity index (χ3n) is 1.78. The van der Waals surface area contributed by atoms with Crippen LogP contribution in [0.15, 0.2) is 6.07 Å². The first-order valence-corrected chi connectivity index (χ1v) is 3.86. The van der Waals surface area contributed by atoms with E-state index in [0.29, 0.717) is 0 Å². The van der Waals surface area contributed by atoms with E-state index in [1.54, 1.807) is 0 Å². The van der Waals surface area contributed by atoms with Crippen molar-refractivity contribution < 1.29 is 28.2 Å². The fourth-order valence-electron chi connectivity index (χ4n) is 1.07. The number of carboxylic acids is 1. The number of carboxylic acid groups (broad SMARTS) is 1. The standard InChI is InChI=1S/C9H8F2O4/c1-14-5-3-4(9(12)13)6(10)8(15-2)7(5)11/h3H,1-2H3,(H,12,13). The fourth-order valence-corrected chi connectivity index (χ4v) is 1.07. The number of aromatic carboxylic acids is 1. The molecule has 0 heterocycles. The molecule has 1 N–H and O–H groups in total. The quantitative estimate of drug-likeness (QED) is 0.838. The van der Waals surface area contributed by atoms with Crippen molar-refractivity contribution in [2.45, 2.75) is 0 Å². The zero-order chi connectivity index (χ0) is 11.6. The van der Waals surface area contributed by atoms with Crippen LogP contribution in [-0.2, 0) is 0 Å². The minimum atomic E-state index is -1.52. The molecule has 0 aromatic heterocycles. The lowest BCUT2D eigenvalue weighted by Gasteiger charge is -2.09. The maximum atomic E-state index is 13.3. The molecule has 82 valence electrons. The van der Waals surface area contributed by atoms with Gasteiger partial charge < -0.3 is 14.6 Å². The summed E-state index contributed by atoms with van der Waals surface area (Å²) >= 11 is 0. The molecular formula is C9H8F2O4. The Bertz CT molecular complexity index is 404. The normalized spacial score (nSPS) is 9.87. The van der Waals surface area contributed by atoms with Gasteiger partial charge in [-0.1, -0.05) is 0 Å². The van der Waals surface area contributed by atoms with Crippen molar-refractivity contribution in [2.75, 3.05) is 14.2 Å². The molecule has 1 aromatic carbocycles. The molecule has 1 aromatic rings. The number of halogens is 2. The number of benzene rings is 1. The fraction of sp³-hybridized carbons (Fsp3) is 0.222. The van der Waals surface area contributed by atoms with E-state index < -0.39 is 28.9 Å². The summed E-state index contributed by atoms with van der Waals surface area (Å²) in [6.45, 7) is 0. The van der Waals surface area contributed by atoms with Crippen LogP contribution in [0.5, 0.6) is 11.5 Å². The van der Waals surface area contributed by atoms with Crippen LogP contribution >= 0.6 is 0 Å². The van der Waals surface area contributed by atoms with Crippen LogP contribution in [-0.4, -0.2) is 25.3 Å². The Kier molecular flexibility index (Phi) is 3.08. The van der Waals surface area contributed by atoms with E-state index in [1.165, 1.54) is 0 Å². The van der Waals surface area contributed by atoms with Crippen LogP contribution in [0.1, 0.15) is 10.4 Å². The molecule has 0 fully saturated rings. The van der Waals surface area contributed by atoms with Gasteiger partial charge in [0.25, 0.3) is 0 Å². The lowest BCUT2D eigenvalue weighted by atomic mass is 10.1. The van der Waals surface area contributed by atoms with Gasteiger partial charge in [-0.3, -0.25) is 0 Å². The minimum absolute atomic E-state index is 0.384. The Labute approximate surface area is 84.0 Å². The van der Waals surface area contributed by atoms with Gasteiger partial charge in [-0.25, -0.2) is 9.18 Å². The molecule has 0 saturated carbocycles. The highest BCUT2D eigenvalue weighted by Crippen LogP contribution is 2.32. The van der Waals surface area contributed by atoms with Crippen molar-refractivity contribution in [1.29, 1.82) is 0 Å². The summed E-state index contributed by atoms with van der Waals surface area (Å²) in [4.78, 5) is 10.6. The number of hydrogen-bond acceptors (Lipinski definition) is 3. The van der Waals surface area contributed by atoms with E-state index >= 15 is 0 Å². The van der Waals surface area contributed by atoms with Gasteiger partial charge in [-0.05, 0) is 0 Å². The first kappa shape index (κ1) is 11.2. The van der Waals surface area contributed by atoms with Crippen LogP contribution in [0.2, 0.25) is 0 Å². The predicted octanol–water partition coefficient (Wildman–Crippen LogP) is 1.68. The summed E-state index contributed by atoms with van der Waals surface area (Å²) < 4.78 is 35.6. The topological polar surface area (TPSA) is 55.8 Å². The van der Waals surface area contributed by atoms with Crippen LogP contribution < -0.4 is 9.47 Å². The molecule has 0 saturated heterocycles. The molecule has 0 unspecified atom stereocenters. The highest BCUT2D eigenvalue weighted by molar-refractivity contribution is 5.89. The lowest BCUT2D eigenvalue weighted by molar-refractivity contribution is 0.0690. The summed E-state index contributed by atoms with van der Waals surface area (Å²) in [5.41, 5.74) is -0.704. The van der Waals surface area contributed by atoms with E-state index in [9.17, 15) is 13.6 Å². The van der Waals surface area contributed by atoms with Crippen molar-refractivity contribution in [3.05, 3.63) is 23.3 Å². The Morgan fingerprint density at radius 2 is 1.87 bits per heavy atom.